The predicted octanol–water partition coefficient (Wildman–Crippen LogP) is 3.30. The summed E-state index contributed by atoms with van der Waals surface area (Å²) in [4.78, 5) is 24.6. The predicted molar refractivity (Wildman–Crippen MR) is 124 cm³/mol. The lowest BCUT2D eigenvalue weighted by Gasteiger charge is -2.14. The van der Waals surface area contributed by atoms with Crippen LogP contribution in [-0.2, 0) is 6.54 Å². The van der Waals surface area contributed by atoms with E-state index in [1.165, 1.54) is 36.4 Å². The Kier molecular flexibility index (Phi) is 7.92. The first-order valence-corrected chi connectivity index (χ1v) is 10.4. The second kappa shape index (κ2) is 11.0. The van der Waals surface area contributed by atoms with Crippen molar-refractivity contribution >= 4 is 17.6 Å². The quantitative estimate of drug-likeness (QED) is 0.220. The molecule has 0 radical (unpaired) electrons. The fourth-order valence-corrected chi connectivity index (χ4v) is 3.13. The molecule has 5 N–H and O–H groups in total. The molecule has 0 spiro atoms. The van der Waals surface area contributed by atoms with Crippen LogP contribution in [0.15, 0.2) is 60.7 Å². The summed E-state index contributed by atoms with van der Waals surface area (Å²) in [5, 5.41) is 13.0. The highest BCUT2D eigenvalue weighted by molar-refractivity contribution is 5.96. The minimum absolute atomic E-state index is 0.0552. The molecule has 176 valence electrons. The summed E-state index contributed by atoms with van der Waals surface area (Å²) in [6.45, 7) is 1.83. The smallest absolute Gasteiger partial charge is 0.254 e. The fraction of sp³-hybridized carbons (Fsp3) is 0.160. The third kappa shape index (κ3) is 6.16. The number of amidine groups is 1. The molecule has 0 aromatic heterocycles. The fourth-order valence-electron chi connectivity index (χ4n) is 3.13. The Bertz CT molecular complexity index is 1230. The SMILES string of the molecule is Cc1cc(C(=O)NCc2ccc(C(=N)N)cc2OCCNC(=O)c2ccccc2F)ccc1F. The van der Waals surface area contributed by atoms with E-state index in [1.807, 2.05) is 0 Å². The Hall–Kier alpha value is -4.27. The summed E-state index contributed by atoms with van der Waals surface area (Å²) in [5.41, 5.74) is 7.21. The zero-order chi connectivity index (χ0) is 24.7. The number of halogens is 2. The van der Waals surface area contributed by atoms with E-state index in [0.717, 1.165) is 0 Å². The van der Waals surface area contributed by atoms with E-state index in [2.05, 4.69) is 10.6 Å². The summed E-state index contributed by atoms with van der Waals surface area (Å²) in [7, 11) is 0. The molecule has 9 heteroatoms. The van der Waals surface area contributed by atoms with Crippen LogP contribution in [0.4, 0.5) is 8.78 Å². The van der Waals surface area contributed by atoms with Gasteiger partial charge in [0.1, 0.15) is 29.8 Å². The zero-order valence-corrected chi connectivity index (χ0v) is 18.5. The van der Waals surface area contributed by atoms with Gasteiger partial charge in [-0.25, -0.2) is 8.78 Å². The highest BCUT2D eigenvalue weighted by atomic mass is 19.1. The van der Waals surface area contributed by atoms with Gasteiger partial charge in [0.2, 0.25) is 0 Å². The van der Waals surface area contributed by atoms with Gasteiger partial charge in [-0.15, -0.1) is 0 Å². The van der Waals surface area contributed by atoms with Gasteiger partial charge in [0.15, 0.2) is 0 Å². The Balaban J connectivity index is 1.63. The van der Waals surface area contributed by atoms with Crippen molar-refractivity contribution in [3.05, 3.63) is 100 Å². The summed E-state index contributed by atoms with van der Waals surface area (Å²) in [5.74, 6) is -1.76. The van der Waals surface area contributed by atoms with E-state index < -0.39 is 17.5 Å². The van der Waals surface area contributed by atoms with Crippen molar-refractivity contribution < 1.29 is 23.1 Å². The average molecular weight is 466 g/mol. The Morgan fingerprint density at radius 3 is 2.38 bits per heavy atom. The first-order chi connectivity index (χ1) is 16.3. The molecule has 0 aliphatic rings. The van der Waals surface area contributed by atoms with Crippen molar-refractivity contribution in [2.45, 2.75) is 13.5 Å². The van der Waals surface area contributed by atoms with E-state index >= 15 is 0 Å². The summed E-state index contributed by atoms with van der Waals surface area (Å²) in [6, 6.07) is 14.6. The molecule has 0 unspecified atom stereocenters. The van der Waals surface area contributed by atoms with Crippen LogP contribution in [0.2, 0.25) is 0 Å². The molecule has 0 heterocycles. The summed E-state index contributed by atoms with van der Waals surface area (Å²) >= 11 is 0. The third-order valence-corrected chi connectivity index (χ3v) is 5.00. The molecule has 0 atom stereocenters. The van der Waals surface area contributed by atoms with Gasteiger partial charge in [0.25, 0.3) is 11.8 Å². The number of amides is 2. The van der Waals surface area contributed by atoms with Gasteiger partial charge in [-0.3, -0.25) is 15.0 Å². The molecule has 0 bridgehead atoms. The van der Waals surface area contributed by atoms with Crippen LogP contribution in [-0.4, -0.2) is 30.8 Å². The number of nitrogens with one attached hydrogen (secondary N) is 3. The van der Waals surface area contributed by atoms with Crippen molar-refractivity contribution in [2.24, 2.45) is 5.73 Å². The number of rotatable bonds is 9. The molecular formula is C25H24F2N4O3. The van der Waals surface area contributed by atoms with Crippen LogP contribution < -0.4 is 21.1 Å². The molecule has 0 aliphatic carbocycles. The average Bonchev–Trinajstić information content (AvgIpc) is 2.82. The standard InChI is InChI=1S/C25H24F2N4O3/c1-15-12-17(8-9-20(15)26)24(32)31-14-18-7-6-16(23(28)29)13-22(18)34-11-10-30-25(33)19-4-2-3-5-21(19)27/h2-9,12-13H,10-11,14H2,1H3,(H3,28,29)(H,30,33)(H,31,32). The second-order valence-electron chi connectivity index (χ2n) is 7.47. The van der Waals surface area contributed by atoms with E-state index in [4.69, 9.17) is 15.9 Å². The lowest BCUT2D eigenvalue weighted by molar-refractivity contribution is 0.0935. The van der Waals surface area contributed by atoms with Crippen LogP contribution >= 0.6 is 0 Å². The van der Waals surface area contributed by atoms with Crippen LogP contribution in [0.3, 0.4) is 0 Å². The number of benzene rings is 3. The summed E-state index contributed by atoms with van der Waals surface area (Å²) < 4.78 is 32.9. The topological polar surface area (TPSA) is 117 Å². The van der Waals surface area contributed by atoms with Crippen LogP contribution in [0.1, 0.15) is 37.4 Å². The normalized spacial score (nSPS) is 10.4. The summed E-state index contributed by atoms with van der Waals surface area (Å²) in [6.07, 6.45) is 0. The van der Waals surface area contributed by atoms with Gasteiger partial charge in [-0.1, -0.05) is 24.3 Å². The van der Waals surface area contributed by atoms with Crippen LogP contribution in [0.25, 0.3) is 0 Å². The monoisotopic (exact) mass is 466 g/mol. The number of carbonyl (C=O) groups excluding carboxylic acids is 2. The van der Waals surface area contributed by atoms with Crippen molar-refractivity contribution in [2.75, 3.05) is 13.2 Å². The van der Waals surface area contributed by atoms with Gasteiger partial charge in [-0.05, 0) is 48.9 Å². The molecule has 3 rings (SSSR count). The number of hydrogen-bond donors (Lipinski definition) is 4. The number of ether oxygens (including phenoxy) is 1. The third-order valence-electron chi connectivity index (χ3n) is 5.00. The molecule has 0 saturated carbocycles. The lowest BCUT2D eigenvalue weighted by atomic mass is 10.1. The minimum atomic E-state index is -0.621. The van der Waals surface area contributed by atoms with Gasteiger partial charge in [-0.2, -0.15) is 0 Å². The van der Waals surface area contributed by atoms with E-state index in [0.29, 0.717) is 28.0 Å². The molecule has 2 amide bonds. The van der Waals surface area contributed by atoms with E-state index in [9.17, 15) is 18.4 Å². The van der Waals surface area contributed by atoms with Gasteiger partial charge in [0, 0.05) is 23.2 Å². The molecule has 3 aromatic carbocycles. The zero-order valence-electron chi connectivity index (χ0n) is 18.5. The van der Waals surface area contributed by atoms with Crippen molar-refractivity contribution in [1.82, 2.24) is 10.6 Å². The molecule has 34 heavy (non-hydrogen) atoms. The Morgan fingerprint density at radius 1 is 0.941 bits per heavy atom. The number of nitrogen functional groups attached to an aromatic ring is 1. The minimum Gasteiger partial charge on any atom is -0.491 e. The van der Waals surface area contributed by atoms with Crippen LogP contribution in [0, 0.1) is 24.0 Å². The largest absolute Gasteiger partial charge is 0.491 e. The molecule has 0 aliphatic heterocycles. The van der Waals surface area contributed by atoms with E-state index in [1.54, 1.807) is 31.2 Å². The molecule has 7 nitrogen and oxygen atoms in total. The second-order valence-corrected chi connectivity index (χ2v) is 7.47. The maximum absolute atomic E-state index is 13.7. The van der Waals surface area contributed by atoms with E-state index in [-0.39, 0.29) is 37.0 Å². The van der Waals surface area contributed by atoms with Crippen molar-refractivity contribution in [1.29, 1.82) is 5.41 Å². The Labute approximate surface area is 195 Å². The lowest BCUT2D eigenvalue weighted by Crippen LogP contribution is -2.29. The highest BCUT2D eigenvalue weighted by Gasteiger charge is 2.13. The number of carbonyl (C=O) groups is 2. The first-order valence-electron chi connectivity index (χ1n) is 10.4. The molecule has 3 aromatic rings. The highest BCUT2D eigenvalue weighted by Crippen LogP contribution is 2.21. The maximum atomic E-state index is 13.7. The molecular weight excluding hydrogens is 442 g/mol. The van der Waals surface area contributed by atoms with Gasteiger partial charge in [0.05, 0.1) is 12.1 Å². The van der Waals surface area contributed by atoms with Gasteiger partial charge >= 0.3 is 0 Å². The van der Waals surface area contributed by atoms with Crippen molar-refractivity contribution in [3.8, 4) is 5.75 Å². The van der Waals surface area contributed by atoms with Crippen molar-refractivity contribution in [3.63, 3.8) is 0 Å². The number of hydrogen-bond acceptors (Lipinski definition) is 4. The Morgan fingerprint density at radius 2 is 1.68 bits per heavy atom. The molecule has 0 fully saturated rings. The van der Waals surface area contributed by atoms with Crippen LogP contribution in [0.5, 0.6) is 5.75 Å². The number of nitrogens with two attached hydrogens (primary N) is 1. The maximum Gasteiger partial charge on any atom is 0.254 e. The number of aryl methyl sites for hydroxylation is 1. The first kappa shape index (κ1) is 24.4. The van der Waals surface area contributed by atoms with Gasteiger partial charge < -0.3 is 21.1 Å². The molecule has 0 saturated heterocycles.